The molecule has 1 unspecified atom stereocenters. The molecule has 0 heterocycles. The summed E-state index contributed by atoms with van der Waals surface area (Å²) in [6.45, 7) is 1.98. The van der Waals surface area contributed by atoms with E-state index in [-0.39, 0.29) is 5.75 Å². The van der Waals surface area contributed by atoms with Gasteiger partial charge in [0, 0.05) is 5.33 Å². The van der Waals surface area contributed by atoms with E-state index in [4.69, 9.17) is 0 Å². The van der Waals surface area contributed by atoms with E-state index in [2.05, 4.69) is 31.9 Å². The van der Waals surface area contributed by atoms with Crippen molar-refractivity contribution >= 4 is 41.7 Å². The first-order valence-corrected chi connectivity index (χ1v) is 7.21. The summed E-state index contributed by atoms with van der Waals surface area (Å²) < 4.78 is 22.1. The maximum Gasteiger partial charge on any atom is 0.163 e. The fourth-order valence-corrected chi connectivity index (χ4v) is 3.48. The maximum atomic E-state index is 11.2. The Balaban J connectivity index is 4.01. The van der Waals surface area contributed by atoms with Gasteiger partial charge in [-0.2, -0.15) is 0 Å². The molecule has 1 atom stereocenters. The van der Waals surface area contributed by atoms with E-state index in [9.17, 15) is 8.42 Å². The molecule has 0 bridgehead atoms. The van der Waals surface area contributed by atoms with Crippen LogP contribution in [-0.4, -0.2) is 23.7 Å². The lowest BCUT2D eigenvalue weighted by molar-refractivity contribution is 0.592. The van der Waals surface area contributed by atoms with Crippen molar-refractivity contribution in [3.05, 3.63) is 0 Å². The van der Waals surface area contributed by atoms with E-state index in [1.165, 1.54) is 0 Å². The van der Waals surface area contributed by atoms with E-state index < -0.39 is 14.0 Å². The van der Waals surface area contributed by atoms with Crippen molar-refractivity contribution in [2.75, 3.05) is 11.1 Å². The summed E-state index contributed by atoms with van der Waals surface area (Å²) in [5.41, 5.74) is 0. The number of sulfone groups is 1. The summed E-state index contributed by atoms with van der Waals surface area (Å²) in [5.74, 6) is 0.283. The van der Waals surface area contributed by atoms with Crippen molar-refractivity contribution < 1.29 is 8.42 Å². The predicted octanol–water partition coefficient (Wildman–Crippen LogP) is 2.32. The van der Waals surface area contributed by atoms with Gasteiger partial charge < -0.3 is 0 Å². The first-order valence-electron chi connectivity index (χ1n) is 3.46. The summed E-state index contributed by atoms with van der Waals surface area (Å²) in [4.78, 5) is 0. The van der Waals surface area contributed by atoms with Gasteiger partial charge in [-0.1, -0.05) is 45.2 Å². The van der Waals surface area contributed by atoms with Crippen molar-refractivity contribution in [3.8, 4) is 0 Å². The molecule has 0 aromatic heterocycles. The molecule has 68 valence electrons. The standard InChI is InChI=1S/C6H12Br2O2S/c1-2-3-4-11(9,10)6(8)5-7/h6H,2-5H2,1H3. The van der Waals surface area contributed by atoms with Crippen molar-refractivity contribution in [2.24, 2.45) is 0 Å². The SMILES string of the molecule is CCCCS(=O)(=O)C(Br)CBr. The molecule has 0 aliphatic rings. The highest BCUT2D eigenvalue weighted by Crippen LogP contribution is 2.14. The van der Waals surface area contributed by atoms with Crippen LogP contribution in [0.1, 0.15) is 19.8 Å². The zero-order valence-corrected chi connectivity index (χ0v) is 10.4. The number of hydrogen-bond acceptors (Lipinski definition) is 2. The average molecular weight is 308 g/mol. The Labute approximate surface area is 84.9 Å². The number of rotatable bonds is 5. The molecule has 0 aromatic carbocycles. The van der Waals surface area contributed by atoms with Crippen molar-refractivity contribution in [3.63, 3.8) is 0 Å². The molecule has 0 spiro atoms. The molecule has 0 saturated heterocycles. The van der Waals surface area contributed by atoms with Crippen LogP contribution in [0.3, 0.4) is 0 Å². The Kier molecular flexibility index (Phi) is 6.00. The lowest BCUT2D eigenvalue weighted by Gasteiger charge is -2.06. The minimum absolute atomic E-state index is 0.283. The summed E-state index contributed by atoms with van der Waals surface area (Å²) in [6, 6.07) is 0. The van der Waals surface area contributed by atoms with Crippen molar-refractivity contribution in [1.29, 1.82) is 0 Å². The summed E-state index contributed by atoms with van der Waals surface area (Å²) in [7, 11) is -2.90. The molecule has 5 heteroatoms. The van der Waals surface area contributed by atoms with E-state index in [1.807, 2.05) is 6.92 Å². The highest BCUT2D eigenvalue weighted by Gasteiger charge is 2.19. The van der Waals surface area contributed by atoms with Gasteiger partial charge >= 0.3 is 0 Å². The van der Waals surface area contributed by atoms with Crippen LogP contribution >= 0.6 is 31.9 Å². The first kappa shape index (κ1) is 11.9. The molecule has 0 fully saturated rings. The van der Waals surface area contributed by atoms with E-state index in [0.29, 0.717) is 5.33 Å². The van der Waals surface area contributed by atoms with Gasteiger partial charge in [0.25, 0.3) is 0 Å². The first-order chi connectivity index (χ1) is 5.04. The molecule has 0 radical (unpaired) electrons. The van der Waals surface area contributed by atoms with Gasteiger partial charge in [0.2, 0.25) is 0 Å². The molecule has 0 aromatic rings. The second-order valence-corrected chi connectivity index (χ2v) is 6.95. The number of halogens is 2. The number of hydrogen-bond donors (Lipinski definition) is 0. The molecule has 0 rings (SSSR count). The fourth-order valence-electron chi connectivity index (χ4n) is 0.569. The van der Waals surface area contributed by atoms with Gasteiger partial charge in [0.15, 0.2) is 9.84 Å². The number of unbranched alkanes of at least 4 members (excludes halogenated alkanes) is 1. The van der Waals surface area contributed by atoms with Gasteiger partial charge in [-0.25, -0.2) is 8.42 Å². The monoisotopic (exact) mass is 306 g/mol. The molecule has 0 saturated carbocycles. The smallest absolute Gasteiger partial charge is 0.163 e. The van der Waals surface area contributed by atoms with Crippen LogP contribution in [0.2, 0.25) is 0 Å². The van der Waals surface area contributed by atoms with Crippen molar-refractivity contribution in [2.45, 2.75) is 23.9 Å². The maximum absolute atomic E-state index is 11.2. The zero-order valence-electron chi connectivity index (χ0n) is 6.39. The van der Waals surface area contributed by atoms with Crippen LogP contribution in [-0.2, 0) is 9.84 Å². The van der Waals surface area contributed by atoms with E-state index >= 15 is 0 Å². The van der Waals surface area contributed by atoms with Crippen LogP contribution in [0.25, 0.3) is 0 Å². The molecule has 0 aliphatic heterocycles. The summed E-state index contributed by atoms with van der Waals surface area (Å²) >= 11 is 6.21. The molecular formula is C6H12Br2O2S. The van der Waals surface area contributed by atoms with Crippen LogP contribution in [0.4, 0.5) is 0 Å². The van der Waals surface area contributed by atoms with Gasteiger partial charge in [-0.3, -0.25) is 0 Å². The Morgan fingerprint density at radius 2 is 2.00 bits per heavy atom. The Morgan fingerprint density at radius 3 is 2.36 bits per heavy atom. The molecule has 0 N–H and O–H groups in total. The normalized spacial score (nSPS) is 14.8. The van der Waals surface area contributed by atoms with Gasteiger partial charge in [0.05, 0.1) is 5.75 Å². The topological polar surface area (TPSA) is 34.1 Å². The zero-order chi connectivity index (χ0) is 8.91. The van der Waals surface area contributed by atoms with E-state index in [0.717, 1.165) is 12.8 Å². The van der Waals surface area contributed by atoms with Crippen LogP contribution in [0.5, 0.6) is 0 Å². The van der Waals surface area contributed by atoms with Gasteiger partial charge in [-0.05, 0) is 6.42 Å². The third-order valence-electron chi connectivity index (χ3n) is 1.29. The van der Waals surface area contributed by atoms with Crippen LogP contribution < -0.4 is 0 Å². The predicted molar refractivity (Wildman–Crippen MR) is 55.2 cm³/mol. The quantitative estimate of drug-likeness (QED) is 0.731. The highest BCUT2D eigenvalue weighted by molar-refractivity contribution is 9.13. The molecule has 0 aliphatic carbocycles. The highest BCUT2D eigenvalue weighted by atomic mass is 79.9. The summed E-state index contributed by atoms with van der Waals surface area (Å²) in [6.07, 6.45) is 1.67. The molecule has 0 amide bonds. The van der Waals surface area contributed by atoms with Crippen molar-refractivity contribution in [1.82, 2.24) is 0 Å². The Morgan fingerprint density at radius 1 is 1.45 bits per heavy atom. The molecule has 11 heavy (non-hydrogen) atoms. The lowest BCUT2D eigenvalue weighted by atomic mass is 10.4. The minimum atomic E-state index is -2.90. The average Bonchev–Trinajstić information content (AvgIpc) is 1.99. The molecular weight excluding hydrogens is 296 g/mol. The second-order valence-electron chi connectivity index (χ2n) is 2.28. The minimum Gasteiger partial charge on any atom is -0.228 e. The largest absolute Gasteiger partial charge is 0.228 e. The molecule has 2 nitrogen and oxygen atoms in total. The Hall–Kier alpha value is 0.910. The van der Waals surface area contributed by atoms with Crippen LogP contribution in [0, 0.1) is 0 Å². The second kappa shape index (κ2) is 5.54. The Bertz CT molecular complexity index is 189. The van der Waals surface area contributed by atoms with Gasteiger partial charge in [-0.15, -0.1) is 0 Å². The number of alkyl halides is 2. The van der Waals surface area contributed by atoms with Crippen LogP contribution in [0.15, 0.2) is 0 Å². The fraction of sp³-hybridized carbons (Fsp3) is 1.00. The van der Waals surface area contributed by atoms with Gasteiger partial charge in [0.1, 0.15) is 4.16 Å². The third-order valence-corrected chi connectivity index (χ3v) is 7.07. The van der Waals surface area contributed by atoms with E-state index in [1.54, 1.807) is 0 Å². The summed E-state index contributed by atoms with van der Waals surface area (Å²) in [5, 5.41) is 0.457. The third kappa shape index (κ3) is 4.48. The lowest BCUT2D eigenvalue weighted by Crippen LogP contribution is -2.19.